The molecule has 2 N–H and O–H groups in total. The van der Waals surface area contributed by atoms with E-state index >= 15 is 0 Å². The third kappa shape index (κ3) is 6.04. The molecule has 0 aliphatic carbocycles. The number of aliphatic hydroxyl groups is 1. The maximum absolute atomic E-state index is 10.1. The summed E-state index contributed by atoms with van der Waals surface area (Å²) in [5.41, 5.74) is 1.22. The van der Waals surface area contributed by atoms with Crippen LogP contribution in [0.25, 0.3) is 0 Å². The van der Waals surface area contributed by atoms with Gasteiger partial charge in [-0.2, -0.15) is 0 Å². The first-order valence-electron chi connectivity index (χ1n) is 7.71. The Morgan fingerprint density at radius 2 is 1.86 bits per heavy atom. The van der Waals surface area contributed by atoms with Gasteiger partial charge >= 0.3 is 0 Å². The minimum absolute atomic E-state index is 0.234. The standard InChI is InChI=1S/C17H30N2O2/c1-6-19(4)12-15(20)11-18-17(13(2)3)14-7-9-16(21-5)10-8-14/h7-10,13,15,17-18,20H,6,11-12H2,1-5H3/t15-,17+/m1/s1. The summed E-state index contributed by atoms with van der Waals surface area (Å²) in [5, 5.41) is 13.6. The van der Waals surface area contributed by atoms with Gasteiger partial charge in [0.15, 0.2) is 0 Å². The molecule has 1 rings (SSSR count). The van der Waals surface area contributed by atoms with Crippen molar-refractivity contribution in [3.8, 4) is 5.75 Å². The number of ether oxygens (including phenoxy) is 1. The van der Waals surface area contributed by atoms with Crippen LogP contribution in [0.1, 0.15) is 32.4 Å². The van der Waals surface area contributed by atoms with Gasteiger partial charge in [-0.05, 0) is 37.2 Å². The highest BCUT2D eigenvalue weighted by Gasteiger charge is 2.17. The number of likely N-dealkylation sites (N-methyl/N-ethyl adjacent to an activating group) is 1. The third-order valence-corrected chi connectivity index (χ3v) is 3.78. The fraction of sp³-hybridized carbons (Fsp3) is 0.647. The molecular formula is C17H30N2O2. The second kappa shape index (κ2) is 9.03. The molecule has 0 amide bonds. The summed E-state index contributed by atoms with van der Waals surface area (Å²) in [6, 6.07) is 8.36. The molecular weight excluding hydrogens is 264 g/mol. The molecule has 0 aromatic heterocycles. The molecule has 0 saturated carbocycles. The average molecular weight is 294 g/mol. The Hall–Kier alpha value is -1.10. The molecule has 2 atom stereocenters. The van der Waals surface area contributed by atoms with Gasteiger partial charge in [0.05, 0.1) is 13.2 Å². The summed E-state index contributed by atoms with van der Waals surface area (Å²) in [6.45, 7) is 8.70. The third-order valence-electron chi connectivity index (χ3n) is 3.78. The lowest BCUT2D eigenvalue weighted by atomic mass is 9.96. The van der Waals surface area contributed by atoms with Crippen LogP contribution in [-0.2, 0) is 0 Å². The first-order chi connectivity index (χ1) is 9.97. The summed E-state index contributed by atoms with van der Waals surface area (Å²) in [4.78, 5) is 2.12. The molecule has 4 nitrogen and oxygen atoms in total. The van der Waals surface area contributed by atoms with Crippen molar-refractivity contribution in [3.63, 3.8) is 0 Å². The Balaban J connectivity index is 2.61. The van der Waals surface area contributed by atoms with Crippen molar-refractivity contribution in [1.29, 1.82) is 0 Å². The van der Waals surface area contributed by atoms with Crippen LogP contribution in [0.2, 0.25) is 0 Å². The molecule has 0 bridgehead atoms. The van der Waals surface area contributed by atoms with Gasteiger partial charge in [-0.1, -0.05) is 32.9 Å². The molecule has 120 valence electrons. The summed E-state index contributed by atoms with van der Waals surface area (Å²) in [6.07, 6.45) is -0.352. The maximum atomic E-state index is 10.1. The van der Waals surface area contributed by atoms with Gasteiger partial charge in [0.25, 0.3) is 0 Å². The number of benzene rings is 1. The highest BCUT2D eigenvalue weighted by atomic mass is 16.5. The van der Waals surface area contributed by atoms with Crippen molar-refractivity contribution in [2.45, 2.75) is 32.9 Å². The highest BCUT2D eigenvalue weighted by Crippen LogP contribution is 2.23. The Morgan fingerprint density at radius 3 is 2.33 bits per heavy atom. The van der Waals surface area contributed by atoms with Crippen molar-refractivity contribution >= 4 is 0 Å². The van der Waals surface area contributed by atoms with E-state index in [-0.39, 0.29) is 12.1 Å². The van der Waals surface area contributed by atoms with Crippen molar-refractivity contribution in [1.82, 2.24) is 10.2 Å². The van der Waals surface area contributed by atoms with Crippen LogP contribution < -0.4 is 10.1 Å². The molecule has 0 radical (unpaired) electrons. The van der Waals surface area contributed by atoms with Crippen molar-refractivity contribution < 1.29 is 9.84 Å². The molecule has 0 aliphatic rings. The van der Waals surface area contributed by atoms with Gasteiger partial charge in [0.2, 0.25) is 0 Å². The molecule has 0 unspecified atom stereocenters. The largest absolute Gasteiger partial charge is 0.497 e. The number of hydrogen-bond donors (Lipinski definition) is 2. The van der Waals surface area contributed by atoms with E-state index in [4.69, 9.17) is 4.74 Å². The Morgan fingerprint density at radius 1 is 1.24 bits per heavy atom. The molecule has 1 aromatic rings. The Labute approximate surface area is 129 Å². The van der Waals surface area contributed by atoms with E-state index in [9.17, 15) is 5.11 Å². The Bertz CT molecular complexity index is 392. The molecule has 4 heteroatoms. The van der Waals surface area contributed by atoms with Gasteiger partial charge in [-0.15, -0.1) is 0 Å². The zero-order valence-electron chi connectivity index (χ0n) is 14.0. The second-order valence-electron chi connectivity index (χ2n) is 5.91. The average Bonchev–Trinajstić information content (AvgIpc) is 2.47. The van der Waals surface area contributed by atoms with E-state index in [1.165, 1.54) is 5.56 Å². The summed E-state index contributed by atoms with van der Waals surface area (Å²) in [7, 11) is 3.69. The SMILES string of the molecule is CCN(C)C[C@H](O)CN[C@H](c1ccc(OC)cc1)C(C)C. The van der Waals surface area contributed by atoms with Gasteiger partial charge in [0.1, 0.15) is 5.75 Å². The zero-order valence-corrected chi connectivity index (χ0v) is 14.0. The normalized spacial score (nSPS) is 14.5. The number of rotatable bonds is 9. The monoisotopic (exact) mass is 294 g/mol. The van der Waals surface area contributed by atoms with Crippen LogP contribution in [0.4, 0.5) is 0 Å². The zero-order chi connectivity index (χ0) is 15.8. The lowest BCUT2D eigenvalue weighted by Gasteiger charge is -2.26. The predicted octanol–water partition coefficient (Wildman–Crippen LogP) is 2.29. The van der Waals surface area contributed by atoms with Crippen LogP contribution in [0.5, 0.6) is 5.75 Å². The smallest absolute Gasteiger partial charge is 0.118 e. The summed E-state index contributed by atoms with van der Waals surface area (Å²) >= 11 is 0. The van der Waals surface area contributed by atoms with Gasteiger partial charge in [-0.3, -0.25) is 0 Å². The first-order valence-corrected chi connectivity index (χ1v) is 7.71. The fourth-order valence-electron chi connectivity index (χ4n) is 2.37. The fourth-order valence-corrected chi connectivity index (χ4v) is 2.37. The van der Waals surface area contributed by atoms with Gasteiger partial charge in [0, 0.05) is 19.1 Å². The molecule has 0 heterocycles. The summed E-state index contributed by atoms with van der Waals surface area (Å²) < 4.78 is 5.20. The van der Waals surface area contributed by atoms with Crippen LogP contribution in [0.15, 0.2) is 24.3 Å². The summed E-state index contributed by atoms with van der Waals surface area (Å²) in [5.74, 6) is 1.32. The minimum Gasteiger partial charge on any atom is -0.497 e. The van der Waals surface area contributed by atoms with Crippen LogP contribution in [0.3, 0.4) is 0 Å². The molecule has 0 fully saturated rings. The number of nitrogens with one attached hydrogen (secondary N) is 1. The maximum Gasteiger partial charge on any atom is 0.118 e. The first kappa shape index (κ1) is 18.0. The number of methoxy groups -OCH3 is 1. The lowest BCUT2D eigenvalue weighted by Crippen LogP contribution is -2.39. The van der Waals surface area contributed by atoms with E-state index < -0.39 is 0 Å². The number of nitrogens with zero attached hydrogens (tertiary/aromatic N) is 1. The van der Waals surface area contributed by atoms with E-state index in [1.807, 2.05) is 19.2 Å². The van der Waals surface area contributed by atoms with E-state index in [0.29, 0.717) is 19.0 Å². The highest BCUT2D eigenvalue weighted by molar-refractivity contribution is 5.29. The molecule has 1 aromatic carbocycles. The van der Waals surface area contributed by atoms with Crippen molar-refractivity contribution in [2.75, 3.05) is 33.8 Å². The Kier molecular flexibility index (Phi) is 7.72. The topological polar surface area (TPSA) is 44.7 Å². The lowest BCUT2D eigenvalue weighted by molar-refractivity contribution is 0.121. The van der Waals surface area contributed by atoms with E-state index in [2.05, 4.69) is 43.1 Å². The van der Waals surface area contributed by atoms with Crippen molar-refractivity contribution in [3.05, 3.63) is 29.8 Å². The van der Waals surface area contributed by atoms with Crippen LogP contribution in [-0.4, -0.2) is 49.9 Å². The van der Waals surface area contributed by atoms with Gasteiger partial charge < -0.3 is 20.1 Å². The minimum atomic E-state index is -0.352. The van der Waals surface area contributed by atoms with Crippen molar-refractivity contribution in [2.24, 2.45) is 5.92 Å². The van der Waals surface area contributed by atoms with E-state index in [0.717, 1.165) is 12.3 Å². The van der Waals surface area contributed by atoms with E-state index in [1.54, 1.807) is 7.11 Å². The van der Waals surface area contributed by atoms with Gasteiger partial charge in [-0.25, -0.2) is 0 Å². The van der Waals surface area contributed by atoms with Crippen LogP contribution in [0, 0.1) is 5.92 Å². The quantitative estimate of drug-likeness (QED) is 0.733. The van der Waals surface area contributed by atoms with Crippen LogP contribution >= 0.6 is 0 Å². The molecule has 0 spiro atoms. The second-order valence-corrected chi connectivity index (χ2v) is 5.91. The number of hydrogen-bond acceptors (Lipinski definition) is 4. The molecule has 21 heavy (non-hydrogen) atoms. The number of aliphatic hydroxyl groups excluding tert-OH is 1. The molecule has 0 saturated heterocycles. The molecule has 0 aliphatic heterocycles. The predicted molar refractivity (Wildman–Crippen MR) is 87.8 cm³/mol.